The standard InChI is InChI=1S/C2H3I2NO/c3-1(4)2(5)6/h1H,(H2,5,6). The molecular formula is C2H3I2NO. The number of amides is 1. The third-order valence-corrected chi connectivity index (χ3v) is 1.44. The van der Waals surface area contributed by atoms with E-state index in [-0.39, 0.29) is 7.84 Å². The Kier molecular flexibility index (Phi) is 3.47. The summed E-state index contributed by atoms with van der Waals surface area (Å²) in [4.78, 5) is 9.91. The van der Waals surface area contributed by atoms with E-state index in [1.165, 1.54) is 0 Å². The number of alkyl halides is 2. The molecule has 0 aromatic rings. The Morgan fingerprint density at radius 3 is 1.83 bits per heavy atom. The quantitative estimate of drug-likeness (QED) is 0.561. The highest BCUT2D eigenvalue weighted by Gasteiger charge is 2.00. The van der Waals surface area contributed by atoms with Crippen LogP contribution in [0.2, 0.25) is 0 Å². The zero-order chi connectivity index (χ0) is 5.15. The molecule has 36 valence electrons. The van der Waals surface area contributed by atoms with Gasteiger partial charge in [-0.3, -0.25) is 4.79 Å². The SMILES string of the molecule is NC(=O)C(I)I. The van der Waals surface area contributed by atoms with E-state index in [0.717, 1.165) is 0 Å². The number of hydrogen-bond acceptors (Lipinski definition) is 1. The van der Waals surface area contributed by atoms with Gasteiger partial charge in [-0.05, 0) is 0 Å². The first-order valence-corrected chi connectivity index (χ1v) is 3.71. The smallest absolute Gasteiger partial charge is 0.240 e. The van der Waals surface area contributed by atoms with Gasteiger partial charge in [0, 0.05) is 0 Å². The summed E-state index contributed by atoms with van der Waals surface area (Å²) in [7, 11) is 0. The summed E-state index contributed by atoms with van der Waals surface area (Å²) in [5, 5.41) is 0. The summed E-state index contributed by atoms with van der Waals surface area (Å²) in [6.45, 7) is 0. The van der Waals surface area contributed by atoms with E-state index in [1.807, 2.05) is 45.2 Å². The molecule has 0 aliphatic rings. The van der Waals surface area contributed by atoms with Gasteiger partial charge in [0.25, 0.3) is 0 Å². The van der Waals surface area contributed by atoms with Crippen molar-refractivity contribution in [2.24, 2.45) is 5.73 Å². The van der Waals surface area contributed by atoms with Gasteiger partial charge in [0.1, 0.15) is 1.93 Å². The molecule has 0 saturated carbocycles. The van der Waals surface area contributed by atoms with Crippen LogP contribution < -0.4 is 5.73 Å². The van der Waals surface area contributed by atoms with Gasteiger partial charge in [0.05, 0.1) is 0 Å². The van der Waals surface area contributed by atoms with Gasteiger partial charge in [-0.15, -0.1) is 0 Å². The van der Waals surface area contributed by atoms with E-state index >= 15 is 0 Å². The lowest BCUT2D eigenvalue weighted by Gasteiger charge is -1.86. The van der Waals surface area contributed by atoms with Crippen LogP contribution in [0.3, 0.4) is 0 Å². The van der Waals surface area contributed by atoms with Crippen molar-refractivity contribution in [1.29, 1.82) is 0 Å². The summed E-state index contributed by atoms with van der Waals surface area (Å²) >= 11 is 3.89. The first kappa shape index (κ1) is 6.93. The molecule has 0 aromatic carbocycles. The van der Waals surface area contributed by atoms with Gasteiger partial charge < -0.3 is 5.73 Å². The summed E-state index contributed by atoms with van der Waals surface area (Å²) in [6, 6.07) is 0. The van der Waals surface area contributed by atoms with Gasteiger partial charge in [0.15, 0.2) is 0 Å². The van der Waals surface area contributed by atoms with Crippen LogP contribution in [0.15, 0.2) is 0 Å². The summed E-state index contributed by atoms with van der Waals surface area (Å²) in [6.07, 6.45) is 0. The largest absolute Gasteiger partial charge is 0.368 e. The van der Waals surface area contributed by atoms with Gasteiger partial charge in [0.2, 0.25) is 5.91 Å². The minimum Gasteiger partial charge on any atom is -0.368 e. The average molecular weight is 311 g/mol. The molecule has 0 atom stereocenters. The maximum absolute atomic E-state index is 9.91. The molecule has 0 rings (SSSR count). The van der Waals surface area contributed by atoms with Crippen molar-refractivity contribution in [2.45, 2.75) is 1.93 Å². The van der Waals surface area contributed by atoms with Crippen LogP contribution in [0.1, 0.15) is 0 Å². The van der Waals surface area contributed by atoms with Crippen LogP contribution >= 0.6 is 45.2 Å². The van der Waals surface area contributed by atoms with Crippen LogP contribution in [-0.2, 0) is 4.79 Å². The molecule has 0 spiro atoms. The number of rotatable bonds is 1. The highest BCUT2D eigenvalue weighted by molar-refractivity contribution is 14.2. The number of hydrogen-bond donors (Lipinski definition) is 1. The second-order valence-corrected chi connectivity index (χ2v) is 5.58. The minimum atomic E-state index is -0.267. The Bertz CT molecular complexity index is 62.6. The van der Waals surface area contributed by atoms with Crippen molar-refractivity contribution in [3.63, 3.8) is 0 Å². The fraction of sp³-hybridized carbons (Fsp3) is 0.500. The van der Waals surface area contributed by atoms with E-state index in [9.17, 15) is 4.79 Å². The minimum absolute atomic E-state index is 0.0693. The lowest BCUT2D eigenvalue weighted by atomic mass is 10.8. The maximum Gasteiger partial charge on any atom is 0.240 e. The molecule has 0 fully saturated rings. The average Bonchev–Trinajstić information content (AvgIpc) is 1.36. The fourth-order valence-corrected chi connectivity index (χ4v) is 0. The molecule has 0 saturated heterocycles. The Morgan fingerprint density at radius 2 is 1.83 bits per heavy atom. The Hall–Kier alpha value is 0.930. The molecule has 1 amide bonds. The van der Waals surface area contributed by atoms with Crippen molar-refractivity contribution in [3.8, 4) is 0 Å². The molecule has 0 bridgehead atoms. The van der Waals surface area contributed by atoms with Crippen LogP contribution in [0, 0.1) is 0 Å². The predicted molar refractivity (Wildman–Crippen MR) is 41.0 cm³/mol. The normalized spacial score (nSPS) is 9.17. The number of primary amides is 1. The molecule has 6 heavy (non-hydrogen) atoms. The lowest BCUT2D eigenvalue weighted by molar-refractivity contribution is -0.115. The Labute approximate surface area is 63.1 Å². The topological polar surface area (TPSA) is 43.1 Å². The number of carbonyl (C=O) groups is 1. The number of nitrogens with two attached hydrogens (primary N) is 1. The van der Waals surface area contributed by atoms with Crippen molar-refractivity contribution >= 4 is 51.1 Å². The van der Waals surface area contributed by atoms with E-state index in [2.05, 4.69) is 0 Å². The molecule has 2 N–H and O–H groups in total. The second kappa shape index (κ2) is 3.00. The van der Waals surface area contributed by atoms with Gasteiger partial charge >= 0.3 is 0 Å². The Morgan fingerprint density at radius 1 is 1.67 bits per heavy atom. The lowest BCUT2D eigenvalue weighted by Crippen LogP contribution is -2.16. The zero-order valence-corrected chi connectivity index (χ0v) is 7.13. The summed E-state index contributed by atoms with van der Waals surface area (Å²) in [5.41, 5.74) is 4.78. The van der Waals surface area contributed by atoms with Crippen LogP contribution in [0.4, 0.5) is 0 Å². The van der Waals surface area contributed by atoms with E-state index < -0.39 is 0 Å². The first-order chi connectivity index (χ1) is 2.64. The van der Waals surface area contributed by atoms with Crippen LogP contribution in [0.25, 0.3) is 0 Å². The van der Waals surface area contributed by atoms with Crippen LogP contribution in [-0.4, -0.2) is 7.84 Å². The van der Waals surface area contributed by atoms with Crippen molar-refractivity contribution in [2.75, 3.05) is 0 Å². The highest BCUT2D eigenvalue weighted by Crippen LogP contribution is 2.06. The number of carbonyl (C=O) groups excluding carboxylic acids is 1. The van der Waals surface area contributed by atoms with E-state index in [0.29, 0.717) is 0 Å². The molecular weight excluding hydrogens is 308 g/mol. The second-order valence-electron chi connectivity index (χ2n) is 0.703. The monoisotopic (exact) mass is 311 g/mol. The fourth-order valence-electron chi connectivity index (χ4n) is 0. The summed E-state index contributed by atoms with van der Waals surface area (Å²) < 4.78 is -0.0693. The Balaban J connectivity index is 3.26. The van der Waals surface area contributed by atoms with Crippen molar-refractivity contribution in [3.05, 3.63) is 0 Å². The van der Waals surface area contributed by atoms with Gasteiger partial charge in [-0.1, -0.05) is 45.2 Å². The first-order valence-electron chi connectivity index (χ1n) is 1.22. The van der Waals surface area contributed by atoms with E-state index in [1.54, 1.807) is 0 Å². The third-order valence-electron chi connectivity index (χ3n) is 0.215. The predicted octanol–water partition coefficient (Wildman–Crippen LogP) is 0.668. The molecule has 4 heteroatoms. The number of halogens is 2. The van der Waals surface area contributed by atoms with Crippen molar-refractivity contribution in [1.82, 2.24) is 0 Å². The molecule has 0 aliphatic heterocycles. The summed E-state index contributed by atoms with van der Waals surface area (Å²) in [5.74, 6) is -0.267. The van der Waals surface area contributed by atoms with Gasteiger partial charge in [-0.2, -0.15) is 0 Å². The van der Waals surface area contributed by atoms with E-state index in [4.69, 9.17) is 5.73 Å². The molecule has 0 radical (unpaired) electrons. The van der Waals surface area contributed by atoms with Crippen molar-refractivity contribution < 1.29 is 4.79 Å². The molecule has 0 unspecified atom stereocenters. The molecule has 0 aliphatic carbocycles. The molecule has 2 nitrogen and oxygen atoms in total. The van der Waals surface area contributed by atoms with Crippen LogP contribution in [0.5, 0.6) is 0 Å². The van der Waals surface area contributed by atoms with Gasteiger partial charge in [-0.25, -0.2) is 0 Å². The molecule has 0 aromatic heterocycles. The highest BCUT2D eigenvalue weighted by atomic mass is 127. The maximum atomic E-state index is 9.91. The third kappa shape index (κ3) is 3.13. The molecule has 0 heterocycles. The zero-order valence-electron chi connectivity index (χ0n) is 2.82.